The number of pyridine rings is 1. The highest BCUT2D eigenvalue weighted by Crippen LogP contribution is 2.13. The molecule has 1 N–H and O–H groups in total. The molecular formula is C20H23N3O3. The lowest BCUT2D eigenvalue weighted by Gasteiger charge is -2.32. The van der Waals surface area contributed by atoms with Crippen molar-refractivity contribution < 1.29 is 14.3 Å². The highest BCUT2D eigenvalue weighted by Gasteiger charge is 2.21. The van der Waals surface area contributed by atoms with Crippen LogP contribution in [0.3, 0.4) is 0 Å². The molecule has 26 heavy (non-hydrogen) atoms. The first-order valence-corrected chi connectivity index (χ1v) is 8.83. The molecule has 0 unspecified atom stereocenters. The molecular weight excluding hydrogens is 330 g/mol. The minimum Gasteiger partial charge on any atom is -0.452 e. The summed E-state index contributed by atoms with van der Waals surface area (Å²) in [4.78, 5) is 30.1. The summed E-state index contributed by atoms with van der Waals surface area (Å²) in [5, 5.41) is 2.95. The fourth-order valence-electron chi connectivity index (χ4n) is 3.05. The Labute approximate surface area is 153 Å². The van der Waals surface area contributed by atoms with E-state index in [4.69, 9.17) is 4.74 Å². The maximum Gasteiger partial charge on any atom is 0.338 e. The van der Waals surface area contributed by atoms with E-state index in [0.29, 0.717) is 5.56 Å². The Morgan fingerprint density at radius 2 is 1.77 bits per heavy atom. The maximum atomic E-state index is 12.0. The molecule has 0 aliphatic carbocycles. The Morgan fingerprint density at radius 3 is 2.46 bits per heavy atom. The number of rotatable bonds is 6. The number of ether oxygens (including phenoxy) is 1. The number of aromatic nitrogens is 1. The van der Waals surface area contributed by atoms with Crippen LogP contribution >= 0.6 is 0 Å². The largest absolute Gasteiger partial charge is 0.452 e. The molecule has 2 heterocycles. The van der Waals surface area contributed by atoms with Crippen molar-refractivity contribution in [3.63, 3.8) is 0 Å². The van der Waals surface area contributed by atoms with E-state index in [-0.39, 0.29) is 18.6 Å². The van der Waals surface area contributed by atoms with Crippen LogP contribution < -0.4 is 5.32 Å². The zero-order valence-electron chi connectivity index (χ0n) is 14.6. The van der Waals surface area contributed by atoms with Crippen LogP contribution in [0.15, 0.2) is 54.9 Å². The molecule has 1 aromatic carbocycles. The number of likely N-dealkylation sites (tertiary alicyclic amines) is 1. The summed E-state index contributed by atoms with van der Waals surface area (Å²) in [6, 6.07) is 13.6. The predicted octanol–water partition coefficient (Wildman–Crippen LogP) is 2.02. The van der Waals surface area contributed by atoms with E-state index in [9.17, 15) is 9.59 Å². The van der Waals surface area contributed by atoms with E-state index in [2.05, 4.69) is 39.5 Å². The molecule has 6 nitrogen and oxygen atoms in total. The van der Waals surface area contributed by atoms with Gasteiger partial charge in [0.25, 0.3) is 5.91 Å². The van der Waals surface area contributed by atoms with Crippen LogP contribution in [-0.4, -0.2) is 47.5 Å². The van der Waals surface area contributed by atoms with Crippen molar-refractivity contribution in [2.45, 2.75) is 25.4 Å². The van der Waals surface area contributed by atoms with E-state index in [1.165, 1.54) is 18.0 Å². The second-order valence-corrected chi connectivity index (χ2v) is 6.42. The van der Waals surface area contributed by atoms with Gasteiger partial charge in [0.2, 0.25) is 0 Å². The molecule has 1 aliphatic heterocycles. The van der Waals surface area contributed by atoms with Gasteiger partial charge in [-0.15, -0.1) is 0 Å². The molecule has 2 aromatic rings. The third-order valence-corrected chi connectivity index (χ3v) is 4.45. The zero-order chi connectivity index (χ0) is 18.2. The van der Waals surface area contributed by atoms with Crippen molar-refractivity contribution in [3.05, 3.63) is 66.0 Å². The van der Waals surface area contributed by atoms with Gasteiger partial charge in [0.15, 0.2) is 6.61 Å². The first-order chi connectivity index (χ1) is 12.7. The first-order valence-electron chi connectivity index (χ1n) is 8.83. The van der Waals surface area contributed by atoms with Crippen molar-refractivity contribution in [2.75, 3.05) is 19.7 Å². The highest BCUT2D eigenvalue weighted by atomic mass is 16.5. The third-order valence-electron chi connectivity index (χ3n) is 4.45. The Morgan fingerprint density at radius 1 is 1.08 bits per heavy atom. The van der Waals surface area contributed by atoms with Crippen LogP contribution in [0, 0.1) is 0 Å². The molecule has 1 fully saturated rings. The number of piperidine rings is 1. The second-order valence-electron chi connectivity index (χ2n) is 6.42. The standard InChI is InChI=1S/C20H23N3O3/c24-19(15-26-20(25)17-6-10-21-11-7-17)22-18-8-12-23(13-9-18)14-16-4-2-1-3-5-16/h1-7,10-11,18H,8-9,12-15H2,(H,22,24). The number of hydrogen-bond donors (Lipinski definition) is 1. The average molecular weight is 353 g/mol. The molecule has 1 saturated heterocycles. The lowest BCUT2D eigenvalue weighted by Crippen LogP contribution is -2.45. The Kier molecular flexibility index (Phi) is 6.33. The fraction of sp³-hybridized carbons (Fsp3) is 0.350. The fourth-order valence-corrected chi connectivity index (χ4v) is 3.05. The number of benzene rings is 1. The van der Waals surface area contributed by atoms with E-state index < -0.39 is 5.97 Å². The average Bonchev–Trinajstić information content (AvgIpc) is 2.69. The van der Waals surface area contributed by atoms with E-state index in [1.807, 2.05) is 6.07 Å². The van der Waals surface area contributed by atoms with Gasteiger partial charge in [0, 0.05) is 38.1 Å². The molecule has 0 atom stereocenters. The first kappa shape index (κ1) is 18.1. The van der Waals surface area contributed by atoms with Crippen LogP contribution in [0.2, 0.25) is 0 Å². The van der Waals surface area contributed by atoms with Crippen LogP contribution in [0.4, 0.5) is 0 Å². The molecule has 0 spiro atoms. The van der Waals surface area contributed by atoms with Crippen molar-refractivity contribution in [2.24, 2.45) is 0 Å². The van der Waals surface area contributed by atoms with Crippen LogP contribution in [0.5, 0.6) is 0 Å². The third kappa shape index (κ3) is 5.39. The molecule has 3 rings (SSSR count). The highest BCUT2D eigenvalue weighted by molar-refractivity contribution is 5.91. The van der Waals surface area contributed by atoms with E-state index >= 15 is 0 Å². The van der Waals surface area contributed by atoms with Crippen LogP contribution in [0.25, 0.3) is 0 Å². The van der Waals surface area contributed by atoms with Crippen LogP contribution in [-0.2, 0) is 16.1 Å². The van der Waals surface area contributed by atoms with Gasteiger partial charge < -0.3 is 10.1 Å². The Bertz CT molecular complexity index is 714. The minimum atomic E-state index is -0.514. The SMILES string of the molecule is O=C(COC(=O)c1ccncc1)NC1CCN(Cc2ccccc2)CC1. The molecule has 1 aliphatic rings. The summed E-state index contributed by atoms with van der Waals surface area (Å²) in [6.07, 6.45) is 4.83. The van der Waals surface area contributed by atoms with Gasteiger partial charge in [-0.25, -0.2) is 4.79 Å². The number of nitrogens with zero attached hydrogens (tertiary/aromatic N) is 2. The summed E-state index contributed by atoms with van der Waals surface area (Å²) >= 11 is 0. The maximum absolute atomic E-state index is 12.0. The van der Waals surface area contributed by atoms with Crippen molar-refractivity contribution >= 4 is 11.9 Å². The minimum absolute atomic E-state index is 0.133. The number of amides is 1. The smallest absolute Gasteiger partial charge is 0.338 e. The normalized spacial score (nSPS) is 15.4. The monoisotopic (exact) mass is 353 g/mol. The van der Waals surface area contributed by atoms with Gasteiger partial charge in [-0.3, -0.25) is 14.7 Å². The number of carbonyl (C=O) groups excluding carboxylic acids is 2. The summed E-state index contributed by atoms with van der Waals surface area (Å²) in [5.74, 6) is -0.769. The van der Waals surface area contributed by atoms with E-state index in [1.54, 1.807) is 12.1 Å². The summed E-state index contributed by atoms with van der Waals surface area (Å²) in [7, 11) is 0. The predicted molar refractivity (Wildman–Crippen MR) is 97.4 cm³/mol. The lowest BCUT2D eigenvalue weighted by atomic mass is 10.0. The van der Waals surface area contributed by atoms with Gasteiger partial charge >= 0.3 is 5.97 Å². The summed E-state index contributed by atoms with van der Waals surface area (Å²) in [5.41, 5.74) is 1.69. The van der Waals surface area contributed by atoms with Gasteiger partial charge in [0.1, 0.15) is 0 Å². The number of esters is 1. The summed E-state index contributed by atoms with van der Waals surface area (Å²) in [6.45, 7) is 2.56. The van der Waals surface area contributed by atoms with E-state index in [0.717, 1.165) is 32.5 Å². The van der Waals surface area contributed by atoms with Gasteiger partial charge in [-0.1, -0.05) is 30.3 Å². The van der Waals surface area contributed by atoms with Gasteiger partial charge in [-0.05, 0) is 30.5 Å². The van der Waals surface area contributed by atoms with Gasteiger partial charge in [0.05, 0.1) is 5.56 Å². The topological polar surface area (TPSA) is 71.5 Å². The zero-order valence-corrected chi connectivity index (χ0v) is 14.6. The van der Waals surface area contributed by atoms with Crippen molar-refractivity contribution in [1.29, 1.82) is 0 Å². The summed E-state index contributed by atoms with van der Waals surface area (Å²) < 4.78 is 5.04. The molecule has 1 aromatic heterocycles. The van der Waals surface area contributed by atoms with Crippen molar-refractivity contribution in [3.8, 4) is 0 Å². The quantitative estimate of drug-likeness (QED) is 0.805. The molecule has 136 valence electrons. The second kappa shape index (κ2) is 9.10. The number of carbonyl (C=O) groups is 2. The molecule has 6 heteroatoms. The lowest BCUT2D eigenvalue weighted by molar-refractivity contribution is -0.125. The Hall–Kier alpha value is -2.73. The molecule has 0 bridgehead atoms. The van der Waals surface area contributed by atoms with Crippen LogP contribution in [0.1, 0.15) is 28.8 Å². The van der Waals surface area contributed by atoms with Gasteiger partial charge in [-0.2, -0.15) is 0 Å². The van der Waals surface area contributed by atoms with Crippen molar-refractivity contribution in [1.82, 2.24) is 15.2 Å². The molecule has 0 radical (unpaired) electrons. The molecule has 1 amide bonds. The number of hydrogen-bond acceptors (Lipinski definition) is 5. The molecule has 0 saturated carbocycles. The number of nitrogens with one attached hydrogen (secondary N) is 1. The Balaban J connectivity index is 1.36.